The largest absolute Gasteiger partial charge is 0.314 e. The van der Waals surface area contributed by atoms with Gasteiger partial charge in [-0.2, -0.15) is 0 Å². The summed E-state index contributed by atoms with van der Waals surface area (Å²) in [4.78, 5) is 2.55. The summed E-state index contributed by atoms with van der Waals surface area (Å²) in [5.41, 5.74) is 4.25. The first kappa shape index (κ1) is 20.0. The summed E-state index contributed by atoms with van der Waals surface area (Å²) in [5.74, 6) is 0. The molecule has 0 amide bonds. The molecule has 0 bridgehead atoms. The van der Waals surface area contributed by atoms with Crippen LogP contribution in [0.4, 0.5) is 0 Å². The second-order valence-electron chi connectivity index (χ2n) is 7.33. The molecule has 4 heteroatoms. The van der Waals surface area contributed by atoms with Crippen LogP contribution in [0.1, 0.15) is 16.7 Å². The normalized spacial score (nSPS) is 17.8. The summed E-state index contributed by atoms with van der Waals surface area (Å²) in [6.45, 7) is 9.51. The number of aryl methyl sites for hydroxylation is 2. The first-order valence-corrected chi connectivity index (χ1v) is 10.4. The Bertz CT molecular complexity index is 615. The van der Waals surface area contributed by atoms with Gasteiger partial charge in [0.05, 0.1) is 0 Å². The summed E-state index contributed by atoms with van der Waals surface area (Å²) in [6, 6.07) is 20.0. The maximum atomic E-state index is 3.54. The Kier molecular flexibility index (Phi) is 8.81. The molecule has 3 N–H and O–H groups in total. The third-order valence-corrected chi connectivity index (χ3v) is 5.14. The van der Waals surface area contributed by atoms with E-state index in [9.17, 15) is 0 Å². The van der Waals surface area contributed by atoms with Crippen LogP contribution in [0, 0.1) is 0 Å². The van der Waals surface area contributed by atoms with Crippen molar-refractivity contribution in [3.05, 3.63) is 71.3 Å². The van der Waals surface area contributed by atoms with Crippen LogP contribution in [0.2, 0.25) is 0 Å². The average molecular weight is 367 g/mol. The lowest BCUT2D eigenvalue weighted by molar-refractivity contribution is 0.263. The SMILES string of the molecule is c1ccc(CCc2ccc(CN3CCNCCNCCNCC3)cc2)cc1. The summed E-state index contributed by atoms with van der Waals surface area (Å²) in [6.07, 6.45) is 2.22. The summed E-state index contributed by atoms with van der Waals surface area (Å²) in [5, 5.41) is 10.5. The van der Waals surface area contributed by atoms with Gasteiger partial charge in [0.1, 0.15) is 0 Å². The summed E-state index contributed by atoms with van der Waals surface area (Å²) in [7, 11) is 0. The van der Waals surface area contributed by atoms with Gasteiger partial charge in [-0.05, 0) is 29.5 Å². The highest BCUT2D eigenvalue weighted by molar-refractivity contribution is 5.24. The standard InChI is InChI=1S/C23H34N4/c1-2-4-21(5-3-1)6-7-22-8-10-23(11-9-22)20-27-18-16-25-14-12-24-13-15-26-17-19-27/h1-5,8-11,24-26H,6-7,12-20H2. The van der Waals surface area contributed by atoms with Gasteiger partial charge in [0, 0.05) is 58.9 Å². The minimum atomic E-state index is 1.03. The molecule has 1 saturated heterocycles. The van der Waals surface area contributed by atoms with Gasteiger partial charge < -0.3 is 16.0 Å². The molecule has 0 radical (unpaired) electrons. The molecular weight excluding hydrogens is 332 g/mol. The van der Waals surface area contributed by atoms with Crippen molar-refractivity contribution >= 4 is 0 Å². The second-order valence-corrected chi connectivity index (χ2v) is 7.33. The molecule has 27 heavy (non-hydrogen) atoms. The first-order valence-electron chi connectivity index (χ1n) is 10.4. The van der Waals surface area contributed by atoms with Gasteiger partial charge in [-0.1, -0.05) is 54.6 Å². The number of hydrogen-bond donors (Lipinski definition) is 3. The first-order chi connectivity index (χ1) is 13.4. The highest BCUT2D eigenvalue weighted by Crippen LogP contribution is 2.11. The molecule has 2 aromatic rings. The van der Waals surface area contributed by atoms with Gasteiger partial charge in [-0.3, -0.25) is 4.90 Å². The van der Waals surface area contributed by atoms with Crippen molar-refractivity contribution in [2.45, 2.75) is 19.4 Å². The van der Waals surface area contributed by atoms with E-state index in [0.29, 0.717) is 0 Å². The van der Waals surface area contributed by atoms with Crippen molar-refractivity contribution in [3.8, 4) is 0 Å². The van der Waals surface area contributed by atoms with E-state index in [0.717, 1.165) is 71.7 Å². The number of nitrogens with one attached hydrogen (secondary N) is 3. The predicted molar refractivity (Wildman–Crippen MR) is 114 cm³/mol. The molecular formula is C23H34N4. The van der Waals surface area contributed by atoms with E-state index in [4.69, 9.17) is 0 Å². The number of hydrogen-bond acceptors (Lipinski definition) is 4. The molecule has 0 unspecified atom stereocenters. The van der Waals surface area contributed by atoms with Gasteiger partial charge >= 0.3 is 0 Å². The third kappa shape index (κ3) is 7.81. The maximum absolute atomic E-state index is 3.54. The molecule has 3 rings (SSSR count). The van der Waals surface area contributed by atoms with Crippen LogP contribution >= 0.6 is 0 Å². The lowest BCUT2D eigenvalue weighted by atomic mass is 10.0. The summed E-state index contributed by atoms with van der Waals surface area (Å²) >= 11 is 0. The number of nitrogens with zero attached hydrogens (tertiary/aromatic N) is 1. The highest BCUT2D eigenvalue weighted by atomic mass is 15.2. The zero-order valence-electron chi connectivity index (χ0n) is 16.4. The van der Waals surface area contributed by atoms with Crippen molar-refractivity contribution < 1.29 is 0 Å². The Morgan fingerprint density at radius 2 is 1.04 bits per heavy atom. The molecule has 1 aliphatic rings. The molecule has 1 heterocycles. The second kappa shape index (κ2) is 11.9. The molecule has 0 aliphatic carbocycles. The van der Waals surface area contributed by atoms with Gasteiger partial charge in [0.15, 0.2) is 0 Å². The molecule has 0 spiro atoms. The molecule has 0 atom stereocenters. The van der Waals surface area contributed by atoms with Crippen LogP contribution in [0.3, 0.4) is 0 Å². The molecule has 0 saturated carbocycles. The highest BCUT2D eigenvalue weighted by Gasteiger charge is 2.07. The Hall–Kier alpha value is -1.72. The minimum absolute atomic E-state index is 1.03. The van der Waals surface area contributed by atoms with E-state index in [1.807, 2.05) is 0 Å². The monoisotopic (exact) mass is 366 g/mol. The van der Waals surface area contributed by atoms with E-state index >= 15 is 0 Å². The van der Waals surface area contributed by atoms with Crippen molar-refractivity contribution in [1.29, 1.82) is 0 Å². The van der Waals surface area contributed by atoms with Crippen LogP contribution in [-0.4, -0.2) is 57.3 Å². The van der Waals surface area contributed by atoms with E-state index in [-0.39, 0.29) is 0 Å². The van der Waals surface area contributed by atoms with E-state index in [1.165, 1.54) is 16.7 Å². The van der Waals surface area contributed by atoms with Crippen LogP contribution in [0.25, 0.3) is 0 Å². The maximum Gasteiger partial charge on any atom is 0.0234 e. The Balaban J connectivity index is 1.47. The van der Waals surface area contributed by atoms with Gasteiger partial charge in [0.2, 0.25) is 0 Å². The lowest BCUT2D eigenvalue weighted by Crippen LogP contribution is -2.41. The lowest BCUT2D eigenvalue weighted by Gasteiger charge is -2.24. The molecule has 0 aromatic heterocycles. The fraction of sp³-hybridized carbons (Fsp3) is 0.478. The van der Waals surface area contributed by atoms with Crippen LogP contribution in [0.15, 0.2) is 54.6 Å². The van der Waals surface area contributed by atoms with Crippen LogP contribution in [-0.2, 0) is 19.4 Å². The van der Waals surface area contributed by atoms with Crippen molar-refractivity contribution in [3.63, 3.8) is 0 Å². The minimum Gasteiger partial charge on any atom is -0.314 e. The van der Waals surface area contributed by atoms with E-state index < -0.39 is 0 Å². The van der Waals surface area contributed by atoms with Crippen molar-refractivity contribution in [1.82, 2.24) is 20.9 Å². The van der Waals surface area contributed by atoms with Gasteiger partial charge in [-0.15, -0.1) is 0 Å². The molecule has 1 aliphatic heterocycles. The van der Waals surface area contributed by atoms with Crippen molar-refractivity contribution in [2.75, 3.05) is 52.4 Å². The molecule has 1 fully saturated rings. The molecule has 146 valence electrons. The van der Waals surface area contributed by atoms with Crippen LogP contribution in [0.5, 0.6) is 0 Å². The van der Waals surface area contributed by atoms with E-state index in [1.54, 1.807) is 0 Å². The smallest absolute Gasteiger partial charge is 0.0234 e. The fourth-order valence-electron chi connectivity index (χ4n) is 3.48. The van der Waals surface area contributed by atoms with Crippen LogP contribution < -0.4 is 16.0 Å². The average Bonchev–Trinajstić information content (AvgIpc) is 2.70. The van der Waals surface area contributed by atoms with Gasteiger partial charge in [0.25, 0.3) is 0 Å². The number of rotatable bonds is 5. The van der Waals surface area contributed by atoms with Crippen molar-refractivity contribution in [2.24, 2.45) is 0 Å². The third-order valence-electron chi connectivity index (χ3n) is 5.14. The molecule has 4 nitrogen and oxygen atoms in total. The van der Waals surface area contributed by atoms with Gasteiger partial charge in [-0.25, -0.2) is 0 Å². The fourth-order valence-corrected chi connectivity index (χ4v) is 3.48. The topological polar surface area (TPSA) is 39.3 Å². The predicted octanol–water partition coefficient (Wildman–Crippen LogP) is 2.06. The Morgan fingerprint density at radius 1 is 0.556 bits per heavy atom. The molecule has 2 aromatic carbocycles. The zero-order valence-corrected chi connectivity index (χ0v) is 16.4. The van der Waals surface area contributed by atoms with E-state index in [2.05, 4.69) is 75.4 Å². The quantitative estimate of drug-likeness (QED) is 0.757. The summed E-state index contributed by atoms with van der Waals surface area (Å²) < 4.78 is 0. The Labute approximate surface area is 164 Å². The Morgan fingerprint density at radius 3 is 1.63 bits per heavy atom. The number of benzene rings is 2. The zero-order chi connectivity index (χ0) is 18.6.